The molecule has 0 spiro atoms. The number of hydrogen-bond donors (Lipinski definition) is 2. The third kappa shape index (κ3) is 6.09. The first-order valence-electron chi connectivity index (χ1n) is 10.5. The molecule has 1 aliphatic carbocycles. The number of nitrogens with one attached hydrogen (secondary N) is 2. The van der Waals surface area contributed by atoms with Crippen molar-refractivity contribution < 1.29 is 4.74 Å². The van der Waals surface area contributed by atoms with Gasteiger partial charge in [0.2, 0.25) is 5.88 Å². The van der Waals surface area contributed by atoms with E-state index in [0.29, 0.717) is 24.7 Å². The second-order valence-corrected chi connectivity index (χ2v) is 8.00. The molecule has 2 aliphatic rings. The van der Waals surface area contributed by atoms with Crippen molar-refractivity contribution in [3.63, 3.8) is 0 Å². The lowest BCUT2D eigenvalue weighted by Gasteiger charge is -2.35. The van der Waals surface area contributed by atoms with Crippen LogP contribution in [0.25, 0.3) is 0 Å². The van der Waals surface area contributed by atoms with Gasteiger partial charge < -0.3 is 20.3 Å². The SMILES string of the molecule is CN=C(NCc1ccnc(OC2CCCC2)c1)NC1CCN(C(C)C)CC1. The summed E-state index contributed by atoms with van der Waals surface area (Å²) in [5, 5.41) is 7.00. The van der Waals surface area contributed by atoms with Gasteiger partial charge in [0.1, 0.15) is 6.10 Å². The lowest BCUT2D eigenvalue weighted by Crippen LogP contribution is -2.49. The first-order chi connectivity index (χ1) is 13.1. The summed E-state index contributed by atoms with van der Waals surface area (Å²) >= 11 is 0. The lowest BCUT2D eigenvalue weighted by molar-refractivity contribution is 0.167. The molecule has 3 rings (SSSR count). The fraction of sp³-hybridized carbons (Fsp3) is 0.714. The Labute approximate surface area is 163 Å². The van der Waals surface area contributed by atoms with Crippen LogP contribution in [0.15, 0.2) is 23.3 Å². The Hall–Kier alpha value is -1.82. The van der Waals surface area contributed by atoms with E-state index in [0.717, 1.165) is 56.2 Å². The second kappa shape index (κ2) is 9.93. The van der Waals surface area contributed by atoms with Crippen molar-refractivity contribution in [2.75, 3.05) is 20.1 Å². The zero-order chi connectivity index (χ0) is 19.1. The van der Waals surface area contributed by atoms with Crippen molar-refractivity contribution in [2.45, 2.75) is 77.1 Å². The Kier molecular flexibility index (Phi) is 7.33. The van der Waals surface area contributed by atoms with Gasteiger partial charge >= 0.3 is 0 Å². The Morgan fingerprint density at radius 3 is 2.67 bits per heavy atom. The van der Waals surface area contributed by atoms with Gasteiger partial charge in [0.15, 0.2) is 5.96 Å². The number of aliphatic imine (C=N–C) groups is 1. The molecular formula is C21H35N5O. The van der Waals surface area contributed by atoms with E-state index in [1.54, 1.807) is 0 Å². The molecule has 2 fully saturated rings. The summed E-state index contributed by atoms with van der Waals surface area (Å²) in [4.78, 5) is 11.3. The number of nitrogens with zero attached hydrogens (tertiary/aromatic N) is 3. The van der Waals surface area contributed by atoms with Gasteiger partial charge in [-0.3, -0.25) is 4.99 Å². The van der Waals surface area contributed by atoms with E-state index in [4.69, 9.17) is 4.74 Å². The smallest absolute Gasteiger partial charge is 0.213 e. The van der Waals surface area contributed by atoms with E-state index in [1.165, 1.54) is 12.8 Å². The average Bonchev–Trinajstić information content (AvgIpc) is 3.19. The molecule has 1 aromatic rings. The minimum absolute atomic E-state index is 0.340. The van der Waals surface area contributed by atoms with Gasteiger partial charge in [-0.15, -0.1) is 0 Å². The third-order valence-corrected chi connectivity index (χ3v) is 5.67. The fourth-order valence-electron chi connectivity index (χ4n) is 3.94. The zero-order valence-electron chi connectivity index (χ0n) is 17.1. The second-order valence-electron chi connectivity index (χ2n) is 8.00. The topological polar surface area (TPSA) is 61.8 Å². The highest BCUT2D eigenvalue weighted by atomic mass is 16.5. The summed E-state index contributed by atoms with van der Waals surface area (Å²) in [7, 11) is 1.83. The summed E-state index contributed by atoms with van der Waals surface area (Å²) in [6.07, 6.45) is 9.33. The highest BCUT2D eigenvalue weighted by Crippen LogP contribution is 2.23. The molecule has 1 aromatic heterocycles. The zero-order valence-corrected chi connectivity index (χ0v) is 17.1. The molecule has 0 bridgehead atoms. The van der Waals surface area contributed by atoms with Crippen LogP contribution in [-0.2, 0) is 6.54 Å². The number of ether oxygens (including phenoxy) is 1. The summed E-state index contributed by atoms with van der Waals surface area (Å²) in [5.41, 5.74) is 1.16. The maximum atomic E-state index is 6.01. The predicted octanol–water partition coefficient (Wildman–Crippen LogP) is 2.94. The summed E-state index contributed by atoms with van der Waals surface area (Å²) in [6, 6.07) is 5.20. The van der Waals surface area contributed by atoms with Gasteiger partial charge in [-0.2, -0.15) is 0 Å². The number of guanidine groups is 1. The summed E-state index contributed by atoms with van der Waals surface area (Å²) in [5.74, 6) is 1.61. The largest absolute Gasteiger partial charge is 0.474 e. The summed E-state index contributed by atoms with van der Waals surface area (Å²) < 4.78 is 6.01. The molecule has 6 heteroatoms. The molecule has 0 atom stereocenters. The number of rotatable bonds is 6. The highest BCUT2D eigenvalue weighted by molar-refractivity contribution is 5.79. The average molecular weight is 374 g/mol. The maximum absolute atomic E-state index is 6.01. The Morgan fingerprint density at radius 2 is 2.00 bits per heavy atom. The van der Waals surface area contributed by atoms with Crippen LogP contribution in [0.4, 0.5) is 0 Å². The Morgan fingerprint density at radius 1 is 1.26 bits per heavy atom. The maximum Gasteiger partial charge on any atom is 0.213 e. The minimum atomic E-state index is 0.340. The number of aromatic nitrogens is 1. The number of pyridine rings is 1. The first-order valence-corrected chi connectivity index (χ1v) is 10.5. The molecule has 150 valence electrons. The Balaban J connectivity index is 1.45. The van der Waals surface area contributed by atoms with Crippen molar-refractivity contribution in [3.8, 4) is 5.88 Å². The molecule has 27 heavy (non-hydrogen) atoms. The molecule has 0 unspecified atom stereocenters. The van der Waals surface area contributed by atoms with Gasteiger partial charge in [-0.25, -0.2) is 4.98 Å². The standard InChI is InChI=1S/C21H35N5O/c1-16(2)26-12-9-18(10-13-26)25-21(22-3)24-15-17-8-11-23-20(14-17)27-19-6-4-5-7-19/h8,11,14,16,18-19H,4-7,9-10,12-13,15H2,1-3H3,(H2,22,24,25). The summed E-state index contributed by atoms with van der Waals surface area (Å²) in [6.45, 7) is 7.56. The van der Waals surface area contributed by atoms with Crippen LogP contribution in [-0.4, -0.2) is 54.2 Å². The minimum Gasteiger partial charge on any atom is -0.474 e. The van der Waals surface area contributed by atoms with Gasteiger partial charge in [0, 0.05) is 51.0 Å². The van der Waals surface area contributed by atoms with Crippen molar-refractivity contribution in [1.29, 1.82) is 0 Å². The molecule has 2 heterocycles. The first kappa shape index (κ1) is 19.9. The fourth-order valence-corrected chi connectivity index (χ4v) is 3.94. The third-order valence-electron chi connectivity index (χ3n) is 5.67. The molecule has 0 radical (unpaired) electrons. The monoisotopic (exact) mass is 373 g/mol. The van der Waals surface area contributed by atoms with E-state index < -0.39 is 0 Å². The lowest BCUT2D eigenvalue weighted by atomic mass is 10.0. The van der Waals surface area contributed by atoms with Gasteiger partial charge in [-0.05, 0) is 64.0 Å². The molecular weight excluding hydrogens is 338 g/mol. The van der Waals surface area contributed by atoms with Crippen molar-refractivity contribution >= 4 is 5.96 Å². The number of piperidine rings is 1. The van der Waals surface area contributed by atoms with E-state index in [2.05, 4.69) is 39.4 Å². The molecule has 0 amide bonds. The van der Waals surface area contributed by atoms with Crippen LogP contribution in [0.5, 0.6) is 5.88 Å². The molecule has 1 saturated carbocycles. The molecule has 2 N–H and O–H groups in total. The van der Waals surface area contributed by atoms with E-state index in [9.17, 15) is 0 Å². The van der Waals surface area contributed by atoms with Crippen LogP contribution in [0.2, 0.25) is 0 Å². The van der Waals surface area contributed by atoms with Crippen LogP contribution in [0.3, 0.4) is 0 Å². The molecule has 0 aromatic carbocycles. The van der Waals surface area contributed by atoms with Gasteiger partial charge in [0.05, 0.1) is 0 Å². The quantitative estimate of drug-likeness (QED) is 0.593. The highest BCUT2D eigenvalue weighted by Gasteiger charge is 2.21. The van der Waals surface area contributed by atoms with Crippen molar-refractivity contribution in [1.82, 2.24) is 20.5 Å². The Bertz CT molecular complexity index is 604. The molecule has 1 aliphatic heterocycles. The van der Waals surface area contributed by atoms with E-state index in [1.807, 2.05) is 25.4 Å². The predicted molar refractivity (Wildman–Crippen MR) is 110 cm³/mol. The van der Waals surface area contributed by atoms with Crippen molar-refractivity contribution in [2.24, 2.45) is 4.99 Å². The van der Waals surface area contributed by atoms with Crippen LogP contribution >= 0.6 is 0 Å². The van der Waals surface area contributed by atoms with Crippen LogP contribution in [0, 0.1) is 0 Å². The molecule has 6 nitrogen and oxygen atoms in total. The normalized spacial score (nSPS) is 20.2. The number of hydrogen-bond acceptors (Lipinski definition) is 4. The van der Waals surface area contributed by atoms with E-state index >= 15 is 0 Å². The number of likely N-dealkylation sites (tertiary alicyclic amines) is 1. The van der Waals surface area contributed by atoms with Crippen LogP contribution < -0.4 is 15.4 Å². The molecule has 1 saturated heterocycles. The van der Waals surface area contributed by atoms with Crippen LogP contribution in [0.1, 0.15) is 57.9 Å². The van der Waals surface area contributed by atoms with E-state index in [-0.39, 0.29) is 0 Å². The van der Waals surface area contributed by atoms with Gasteiger partial charge in [-0.1, -0.05) is 0 Å². The van der Waals surface area contributed by atoms with Gasteiger partial charge in [0.25, 0.3) is 0 Å². The van der Waals surface area contributed by atoms with Crippen molar-refractivity contribution in [3.05, 3.63) is 23.9 Å².